The fourth-order valence-corrected chi connectivity index (χ4v) is 2.07. The van der Waals surface area contributed by atoms with Gasteiger partial charge in [0.2, 0.25) is 5.91 Å². The number of amides is 1. The molecular formula is C12H25N3O. The van der Waals surface area contributed by atoms with E-state index in [1.807, 2.05) is 11.8 Å². The van der Waals surface area contributed by atoms with Gasteiger partial charge in [0.15, 0.2) is 0 Å². The van der Waals surface area contributed by atoms with Crippen LogP contribution in [0.4, 0.5) is 0 Å². The van der Waals surface area contributed by atoms with Gasteiger partial charge in [0.05, 0.1) is 12.2 Å². The molecule has 4 nitrogen and oxygen atoms in total. The fourth-order valence-electron chi connectivity index (χ4n) is 2.07. The van der Waals surface area contributed by atoms with Crippen molar-refractivity contribution in [2.24, 2.45) is 0 Å². The maximum atomic E-state index is 11.9. The topological polar surface area (TPSA) is 35.6 Å². The average molecular weight is 227 g/mol. The van der Waals surface area contributed by atoms with Crippen LogP contribution in [0, 0.1) is 0 Å². The molecule has 0 bridgehead atoms. The number of carbonyl (C=O) groups excluding carboxylic acids is 1. The highest BCUT2D eigenvalue weighted by Crippen LogP contribution is 2.14. The number of hydrogen-bond acceptors (Lipinski definition) is 3. The van der Waals surface area contributed by atoms with Gasteiger partial charge in [-0.15, -0.1) is 0 Å². The van der Waals surface area contributed by atoms with Crippen molar-refractivity contribution in [3.8, 4) is 0 Å². The molecule has 2 atom stereocenters. The van der Waals surface area contributed by atoms with Crippen LogP contribution in [0.2, 0.25) is 0 Å². The van der Waals surface area contributed by atoms with Crippen molar-refractivity contribution in [3.05, 3.63) is 0 Å². The molecule has 1 N–H and O–H groups in total. The van der Waals surface area contributed by atoms with Crippen molar-refractivity contribution in [3.63, 3.8) is 0 Å². The Kier molecular flexibility index (Phi) is 5.22. The molecule has 0 aliphatic carbocycles. The summed E-state index contributed by atoms with van der Waals surface area (Å²) in [5.41, 5.74) is 0. The Labute approximate surface area is 99.0 Å². The number of likely N-dealkylation sites (N-methyl/N-ethyl adjacent to an activating group) is 1. The van der Waals surface area contributed by atoms with Gasteiger partial charge in [0, 0.05) is 13.1 Å². The van der Waals surface area contributed by atoms with Crippen molar-refractivity contribution >= 4 is 5.91 Å². The monoisotopic (exact) mass is 227 g/mol. The van der Waals surface area contributed by atoms with Gasteiger partial charge in [-0.2, -0.15) is 0 Å². The standard InChI is InChI=1S/C12H25N3O/c1-5-7-11-13-10(3)12(16)15(11)9-8-14(4)6-2/h10-11,13H,5-9H2,1-4H3. The maximum absolute atomic E-state index is 11.9. The molecule has 1 aliphatic heterocycles. The number of hydrogen-bond donors (Lipinski definition) is 1. The normalized spacial score (nSPS) is 25.8. The van der Waals surface area contributed by atoms with Crippen molar-refractivity contribution in [2.45, 2.75) is 45.8 Å². The van der Waals surface area contributed by atoms with E-state index in [0.717, 1.165) is 32.5 Å². The molecule has 4 heteroatoms. The Balaban J connectivity index is 2.49. The van der Waals surface area contributed by atoms with Crippen molar-refractivity contribution in [1.82, 2.24) is 15.1 Å². The summed E-state index contributed by atoms with van der Waals surface area (Å²) in [6.45, 7) is 9.07. The van der Waals surface area contributed by atoms with Crippen LogP contribution in [0.25, 0.3) is 0 Å². The van der Waals surface area contributed by atoms with E-state index in [1.165, 1.54) is 0 Å². The predicted octanol–water partition coefficient (Wildman–Crippen LogP) is 0.885. The Bertz CT molecular complexity index is 232. The van der Waals surface area contributed by atoms with Crippen LogP contribution in [0.5, 0.6) is 0 Å². The van der Waals surface area contributed by atoms with E-state index in [9.17, 15) is 4.79 Å². The molecule has 1 amide bonds. The third kappa shape index (κ3) is 3.19. The van der Waals surface area contributed by atoms with Crippen LogP contribution in [-0.2, 0) is 4.79 Å². The first kappa shape index (κ1) is 13.5. The van der Waals surface area contributed by atoms with Crippen molar-refractivity contribution < 1.29 is 4.79 Å². The summed E-state index contributed by atoms with van der Waals surface area (Å²) < 4.78 is 0. The van der Waals surface area contributed by atoms with E-state index in [0.29, 0.717) is 0 Å². The van der Waals surface area contributed by atoms with Crippen molar-refractivity contribution in [2.75, 3.05) is 26.7 Å². The fraction of sp³-hybridized carbons (Fsp3) is 0.917. The van der Waals surface area contributed by atoms with E-state index in [-0.39, 0.29) is 18.1 Å². The van der Waals surface area contributed by atoms with Gasteiger partial charge in [-0.25, -0.2) is 0 Å². The summed E-state index contributed by atoms with van der Waals surface area (Å²) in [4.78, 5) is 16.2. The minimum Gasteiger partial charge on any atom is -0.325 e. The van der Waals surface area contributed by atoms with Crippen LogP contribution in [0.3, 0.4) is 0 Å². The highest BCUT2D eigenvalue weighted by molar-refractivity contribution is 5.83. The zero-order valence-electron chi connectivity index (χ0n) is 11.0. The van der Waals surface area contributed by atoms with Crippen LogP contribution >= 0.6 is 0 Å². The molecule has 0 saturated carbocycles. The van der Waals surface area contributed by atoms with E-state index < -0.39 is 0 Å². The smallest absolute Gasteiger partial charge is 0.240 e. The third-order valence-electron chi connectivity index (χ3n) is 3.30. The molecule has 0 aromatic carbocycles. The van der Waals surface area contributed by atoms with Gasteiger partial charge in [-0.1, -0.05) is 20.3 Å². The number of nitrogens with one attached hydrogen (secondary N) is 1. The minimum atomic E-state index is -0.0107. The van der Waals surface area contributed by atoms with Gasteiger partial charge in [0.1, 0.15) is 0 Å². The van der Waals surface area contributed by atoms with E-state index in [1.54, 1.807) is 0 Å². The Morgan fingerprint density at radius 2 is 2.12 bits per heavy atom. The predicted molar refractivity (Wildman–Crippen MR) is 66.2 cm³/mol. The van der Waals surface area contributed by atoms with Gasteiger partial charge in [-0.05, 0) is 26.9 Å². The van der Waals surface area contributed by atoms with Gasteiger partial charge < -0.3 is 9.80 Å². The molecule has 0 radical (unpaired) electrons. The van der Waals surface area contributed by atoms with Crippen LogP contribution in [0.15, 0.2) is 0 Å². The second kappa shape index (κ2) is 6.21. The molecule has 1 aliphatic rings. The molecule has 94 valence electrons. The highest BCUT2D eigenvalue weighted by atomic mass is 16.2. The number of rotatable bonds is 6. The average Bonchev–Trinajstić information content (AvgIpc) is 2.53. The maximum Gasteiger partial charge on any atom is 0.240 e. The van der Waals surface area contributed by atoms with Gasteiger partial charge in [-0.3, -0.25) is 10.1 Å². The third-order valence-corrected chi connectivity index (χ3v) is 3.30. The summed E-state index contributed by atoms with van der Waals surface area (Å²) >= 11 is 0. The molecule has 16 heavy (non-hydrogen) atoms. The SMILES string of the molecule is CCCC1NC(C)C(=O)N1CCN(C)CC. The number of carbonyl (C=O) groups is 1. The molecule has 1 rings (SSSR count). The van der Waals surface area contributed by atoms with Gasteiger partial charge in [0.25, 0.3) is 0 Å². The first-order valence-corrected chi connectivity index (χ1v) is 6.35. The summed E-state index contributed by atoms with van der Waals surface area (Å²) in [6.07, 6.45) is 2.40. The Hall–Kier alpha value is -0.610. The first-order valence-electron chi connectivity index (χ1n) is 6.35. The lowest BCUT2D eigenvalue weighted by Crippen LogP contribution is -2.41. The van der Waals surface area contributed by atoms with Gasteiger partial charge >= 0.3 is 0 Å². The largest absolute Gasteiger partial charge is 0.325 e. The van der Waals surface area contributed by atoms with Crippen LogP contribution < -0.4 is 5.32 Å². The Morgan fingerprint density at radius 3 is 2.69 bits per heavy atom. The molecule has 2 unspecified atom stereocenters. The minimum absolute atomic E-state index is 0.0107. The quantitative estimate of drug-likeness (QED) is 0.732. The van der Waals surface area contributed by atoms with Crippen LogP contribution in [-0.4, -0.2) is 54.6 Å². The lowest BCUT2D eigenvalue weighted by Gasteiger charge is -2.26. The molecule has 0 aromatic heterocycles. The summed E-state index contributed by atoms with van der Waals surface area (Å²) in [5, 5.41) is 3.35. The molecule has 0 spiro atoms. The molecule has 1 heterocycles. The molecular weight excluding hydrogens is 202 g/mol. The summed E-state index contributed by atoms with van der Waals surface area (Å²) in [5.74, 6) is 0.253. The lowest BCUT2D eigenvalue weighted by atomic mass is 10.2. The van der Waals surface area contributed by atoms with E-state index in [4.69, 9.17) is 0 Å². The zero-order valence-corrected chi connectivity index (χ0v) is 11.0. The second-order valence-electron chi connectivity index (χ2n) is 4.62. The number of nitrogens with zero attached hydrogens (tertiary/aromatic N) is 2. The first-order chi connectivity index (χ1) is 7.60. The molecule has 1 fully saturated rings. The second-order valence-corrected chi connectivity index (χ2v) is 4.62. The van der Waals surface area contributed by atoms with E-state index in [2.05, 4.69) is 31.1 Å². The Morgan fingerprint density at radius 1 is 1.44 bits per heavy atom. The summed E-state index contributed by atoms with van der Waals surface area (Å²) in [7, 11) is 2.09. The molecule has 1 saturated heterocycles. The van der Waals surface area contributed by atoms with Crippen LogP contribution in [0.1, 0.15) is 33.6 Å². The van der Waals surface area contributed by atoms with Crippen molar-refractivity contribution in [1.29, 1.82) is 0 Å². The highest BCUT2D eigenvalue weighted by Gasteiger charge is 2.34. The lowest BCUT2D eigenvalue weighted by molar-refractivity contribution is -0.130. The summed E-state index contributed by atoms with van der Waals surface area (Å²) in [6, 6.07) is -0.0107. The molecule has 0 aromatic rings. The van der Waals surface area contributed by atoms with E-state index >= 15 is 0 Å². The zero-order chi connectivity index (χ0) is 12.1.